The number of aliphatic hydroxyl groups excluding tert-OH is 1. The number of anilines is 2. The zero-order chi connectivity index (χ0) is 13.3. The summed E-state index contributed by atoms with van der Waals surface area (Å²) in [4.78, 5) is 17.2. The number of carboxylic acids is 1. The molecule has 2 rings (SSSR count). The molecule has 1 aliphatic rings. The molecule has 2 atom stereocenters. The van der Waals surface area contributed by atoms with Crippen molar-refractivity contribution in [2.75, 3.05) is 23.7 Å². The predicted octanol–water partition coefficient (Wildman–Crippen LogP) is 0.569. The number of nitrogen functional groups attached to an aromatic ring is 1. The highest BCUT2D eigenvalue weighted by atomic mass is 16.4. The number of rotatable bonds is 2. The third-order valence-electron chi connectivity index (χ3n) is 3.28. The van der Waals surface area contributed by atoms with Crippen molar-refractivity contribution >= 4 is 17.5 Å². The first-order chi connectivity index (χ1) is 8.49. The molecule has 0 amide bonds. The van der Waals surface area contributed by atoms with Crippen molar-refractivity contribution in [1.82, 2.24) is 4.98 Å². The molecule has 1 saturated heterocycles. The Morgan fingerprint density at radius 3 is 2.94 bits per heavy atom. The van der Waals surface area contributed by atoms with Crippen molar-refractivity contribution in [3.05, 3.63) is 17.8 Å². The van der Waals surface area contributed by atoms with Crippen molar-refractivity contribution < 1.29 is 15.0 Å². The Bertz CT molecular complexity index is 464. The molecule has 1 aliphatic heterocycles. The molecule has 2 heterocycles. The highest BCUT2D eigenvalue weighted by Gasteiger charge is 2.27. The number of aromatic carboxylic acids is 1. The molecule has 0 radical (unpaired) electrons. The number of aliphatic hydroxyl groups is 1. The number of nitrogens with two attached hydrogens (primary N) is 1. The molecule has 2 unspecified atom stereocenters. The van der Waals surface area contributed by atoms with Crippen molar-refractivity contribution in [2.24, 2.45) is 5.92 Å². The van der Waals surface area contributed by atoms with Gasteiger partial charge in [0.25, 0.3) is 0 Å². The Kier molecular flexibility index (Phi) is 3.38. The van der Waals surface area contributed by atoms with Crippen molar-refractivity contribution in [1.29, 1.82) is 0 Å². The van der Waals surface area contributed by atoms with Crippen LogP contribution in [0.4, 0.5) is 11.5 Å². The summed E-state index contributed by atoms with van der Waals surface area (Å²) >= 11 is 0. The zero-order valence-electron chi connectivity index (χ0n) is 10.2. The lowest BCUT2D eigenvalue weighted by atomic mass is 9.96. The lowest BCUT2D eigenvalue weighted by molar-refractivity contribution is 0.0696. The monoisotopic (exact) mass is 251 g/mol. The van der Waals surface area contributed by atoms with Gasteiger partial charge in [0.15, 0.2) is 0 Å². The summed E-state index contributed by atoms with van der Waals surface area (Å²) in [6.07, 6.45) is 1.74. The lowest BCUT2D eigenvalue weighted by Crippen LogP contribution is -2.42. The van der Waals surface area contributed by atoms with Crippen molar-refractivity contribution in [3.8, 4) is 0 Å². The maximum atomic E-state index is 11.2. The quantitative estimate of drug-likeness (QED) is 0.710. The fraction of sp³-hybridized carbons (Fsp3) is 0.500. The molecule has 1 aromatic heterocycles. The van der Waals surface area contributed by atoms with Gasteiger partial charge in [-0.3, -0.25) is 0 Å². The number of hydrogen-bond acceptors (Lipinski definition) is 5. The fourth-order valence-electron chi connectivity index (χ4n) is 2.21. The van der Waals surface area contributed by atoms with Crippen LogP contribution in [0.3, 0.4) is 0 Å². The van der Waals surface area contributed by atoms with E-state index >= 15 is 0 Å². The van der Waals surface area contributed by atoms with Crippen LogP contribution in [0.1, 0.15) is 23.7 Å². The van der Waals surface area contributed by atoms with Gasteiger partial charge >= 0.3 is 5.97 Å². The van der Waals surface area contributed by atoms with Gasteiger partial charge in [0.2, 0.25) is 0 Å². The Hall–Kier alpha value is -1.82. The van der Waals surface area contributed by atoms with Gasteiger partial charge in [-0.25, -0.2) is 9.78 Å². The SMILES string of the molecule is CC1CN(c2ncc(N)cc2C(=O)O)CCC1O. The number of aromatic nitrogens is 1. The minimum Gasteiger partial charge on any atom is -0.478 e. The van der Waals surface area contributed by atoms with Gasteiger partial charge in [-0.05, 0) is 18.4 Å². The maximum absolute atomic E-state index is 11.2. The summed E-state index contributed by atoms with van der Waals surface area (Å²) in [5.74, 6) is -0.515. The van der Waals surface area contributed by atoms with Gasteiger partial charge in [0.1, 0.15) is 11.4 Å². The molecule has 0 bridgehead atoms. The Morgan fingerprint density at radius 1 is 1.61 bits per heavy atom. The van der Waals surface area contributed by atoms with Crippen LogP contribution in [0.5, 0.6) is 0 Å². The molecule has 6 heteroatoms. The van der Waals surface area contributed by atoms with Gasteiger partial charge < -0.3 is 20.8 Å². The van der Waals surface area contributed by atoms with Crippen LogP contribution in [0.2, 0.25) is 0 Å². The minimum atomic E-state index is -1.04. The second-order valence-electron chi connectivity index (χ2n) is 4.72. The van der Waals surface area contributed by atoms with Crippen LogP contribution in [-0.2, 0) is 0 Å². The van der Waals surface area contributed by atoms with Crippen LogP contribution < -0.4 is 10.6 Å². The largest absolute Gasteiger partial charge is 0.478 e. The predicted molar refractivity (Wildman–Crippen MR) is 67.6 cm³/mol. The van der Waals surface area contributed by atoms with E-state index in [0.717, 1.165) is 0 Å². The van der Waals surface area contributed by atoms with Crippen LogP contribution in [0.15, 0.2) is 12.3 Å². The summed E-state index contributed by atoms with van der Waals surface area (Å²) in [6, 6.07) is 1.42. The zero-order valence-corrected chi connectivity index (χ0v) is 10.2. The van der Waals surface area contributed by atoms with E-state index in [0.29, 0.717) is 31.0 Å². The molecule has 18 heavy (non-hydrogen) atoms. The third kappa shape index (κ3) is 2.38. The minimum absolute atomic E-state index is 0.0970. The van der Waals surface area contributed by atoms with Gasteiger partial charge in [-0.15, -0.1) is 0 Å². The van der Waals surface area contributed by atoms with E-state index in [9.17, 15) is 9.90 Å². The maximum Gasteiger partial charge on any atom is 0.339 e. The van der Waals surface area contributed by atoms with E-state index < -0.39 is 5.97 Å². The van der Waals surface area contributed by atoms with Gasteiger partial charge in [-0.2, -0.15) is 0 Å². The van der Waals surface area contributed by atoms with Crippen molar-refractivity contribution in [3.63, 3.8) is 0 Å². The smallest absolute Gasteiger partial charge is 0.339 e. The summed E-state index contributed by atoms with van der Waals surface area (Å²) in [5, 5.41) is 18.8. The number of nitrogens with zero attached hydrogens (tertiary/aromatic N) is 2. The van der Waals surface area contributed by atoms with Crippen LogP contribution >= 0.6 is 0 Å². The first-order valence-corrected chi connectivity index (χ1v) is 5.91. The number of carbonyl (C=O) groups is 1. The topological polar surface area (TPSA) is 99.7 Å². The number of piperidine rings is 1. The third-order valence-corrected chi connectivity index (χ3v) is 3.28. The normalized spacial score (nSPS) is 24.0. The van der Waals surface area contributed by atoms with E-state index in [2.05, 4.69) is 4.98 Å². The van der Waals surface area contributed by atoms with Crippen LogP contribution in [0.25, 0.3) is 0 Å². The highest BCUT2D eigenvalue weighted by Crippen LogP contribution is 2.25. The van der Waals surface area contributed by atoms with E-state index in [1.54, 1.807) is 0 Å². The van der Waals surface area contributed by atoms with E-state index in [1.807, 2.05) is 11.8 Å². The number of carboxylic acid groups (broad SMARTS) is 1. The molecular weight excluding hydrogens is 234 g/mol. The molecule has 0 spiro atoms. The van der Waals surface area contributed by atoms with Gasteiger partial charge in [-0.1, -0.05) is 6.92 Å². The van der Waals surface area contributed by atoms with Gasteiger partial charge in [0.05, 0.1) is 18.0 Å². The second-order valence-corrected chi connectivity index (χ2v) is 4.72. The molecule has 1 fully saturated rings. The molecule has 6 nitrogen and oxygen atoms in total. The molecule has 4 N–H and O–H groups in total. The first-order valence-electron chi connectivity index (χ1n) is 5.91. The Morgan fingerprint density at radius 2 is 2.33 bits per heavy atom. The van der Waals surface area contributed by atoms with E-state index in [4.69, 9.17) is 10.8 Å². The Balaban J connectivity index is 2.30. The molecule has 0 saturated carbocycles. The van der Waals surface area contributed by atoms with Crippen LogP contribution in [-0.4, -0.2) is 40.4 Å². The standard InChI is InChI=1S/C12H17N3O3/c1-7-6-15(3-2-10(7)16)11-9(12(17)18)4-8(13)5-14-11/h4-5,7,10,16H,2-3,6,13H2,1H3,(H,17,18). The second kappa shape index (κ2) is 4.81. The van der Waals surface area contributed by atoms with Crippen molar-refractivity contribution in [2.45, 2.75) is 19.4 Å². The summed E-state index contributed by atoms with van der Waals surface area (Å²) in [5.41, 5.74) is 6.00. The molecule has 0 aliphatic carbocycles. The summed E-state index contributed by atoms with van der Waals surface area (Å²) in [7, 11) is 0. The number of hydrogen-bond donors (Lipinski definition) is 3. The highest BCUT2D eigenvalue weighted by molar-refractivity contribution is 5.94. The van der Waals surface area contributed by atoms with Crippen LogP contribution in [0, 0.1) is 5.92 Å². The molecule has 98 valence electrons. The fourth-order valence-corrected chi connectivity index (χ4v) is 2.21. The lowest BCUT2D eigenvalue weighted by Gasteiger charge is -2.35. The Labute approximate surface area is 105 Å². The van der Waals surface area contributed by atoms with E-state index in [-0.39, 0.29) is 17.6 Å². The summed E-state index contributed by atoms with van der Waals surface area (Å²) < 4.78 is 0. The molecule has 0 aromatic carbocycles. The van der Waals surface area contributed by atoms with Gasteiger partial charge in [0, 0.05) is 13.1 Å². The average molecular weight is 251 g/mol. The average Bonchev–Trinajstić information content (AvgIpc) is 2.32. The number of pyridine rings is 1. The molecular formula is C12H17N3O3. The summed E-state index contributed by atoms with van der Waals surface area (Å²) in [6.45, 7) is 3.13. The first kappa shape index (κ1) is 12.6. The van der Waals surface area contributed by atoms with E-state index in [1.165, 1.54) is 12.3 Å². The molecule has 1 aromatic rings.